The van der Waals surface area contributed by atoms with E-state index in [1.54, 1.807) is 0 Å². The SMILES string of the molecule is C=Cc1c(F)c(F)c(F)c(Oc2cc(Oc3c(F)c(F)c(F)c(C=C)c3F)cc(Oc3c(F)c(F)c(F)c(C=C)c3F)c2)c1F. The van der Waals surface area contributed by atoms with Crippen LogP contribution in [0.1, 0.15) is 16.7 Å². The molecule has 0 aliphatic carbocycles. The van der Waals surface area contributed by atoms with Gasteiger partial charge in [-0.25, -0.2) is 39.5 Å². The molecule has 3 nitrogen and oxygen atoms in total. The molecule has 0 heterocycles. The molecule has 4 aromatic rings. The molecular weight excluding hydrogens is 636 g/mol. The second-order valence-corrected chi connectivity index (χ2v) is 8.55. The van der Waals surface area contributed by atoms with E-state index in [1.165, 1.54) is 0 Å². The first-order chi connectivity index (χ1) is 21.2. The number of hydrogen-bond acceptors (Lipinski definition) is 3. The van der Waals surface area contributed by atoms with Gasteiger partial charge in [0, 0.05) is 18.2 Å². The average Bonchev–Trinajstić information content (AvgIpc) is 3.01. The summed E-state index contributed by atoms with van der Waals surface area (Å²) < 4.78 is 187. The molecule has 0 aliphatic heterocycles. The Kier molecular flexibility index (Phi) is 8.93. The van der Waals surface area contributed by atoms with E-state index in [2.05, 4.69) is 19.7 Å². The maximum Gasteiger partial charge on any atom is 0.207 e. The highest BCUT2D eigenvalue weighted by molar-refractivity contribution is 5.57. The van der Waals surface area contributed by atoms with Gasteiger partial charge in [-0.05, 0) is 0 Å². The maximum absolute atomic E-state index is 14.8. The quantitative estimate of drug-likeness (QED) is 0.103. The van der Waals surface area contributed by atoms with Crippen LogP contribution >= 0.6 is 0 Å². The Morgan fingerprint density at radius 1 is 0.333 bits per heavy atom. The molecule has 0 N–H and O–H groups in total. The van der Waals surface area contributed by atoms with E-state index < -0.39 is 121 Å². The van der Waals surface area contributed by atoms with Crippen molar-refractivity contribution in [2.24, 2.45) is 0 Å². The minimum Gasteiger partial charge on any atom is -0.451 e. The molecule has 0 atom stereocenters. The smallest absolute Gasteiger partial charge is 0.207 e. The molecule has 234 valence electrons. The predicted molar refractivity (Wildman–Crippen MR) is 136 cm³/mol. The number of rotatable bonds is 9. The van der Waals surface area contributed by atoms with Crippen molar-refractivity contribution in [1.29, 1.82) is 0 Å². The minimum absolute atomic E-state index is 0.450. The van der Waals surface area contributed by atoms with Crippen LogP contribution in [0.5, 0.6) is 34.5 Å². The highest BCUT2D eigenvalue weighted by atomic mass is 19.2. The third-order valence-electron chi connectivity index (χ3n) is 5.90. The van der Waals surface area contributed by atoms with Crippen LogP contribution in [0.2, 0.25) is 0 Å². The van der Waals surface area contributed by atoms with Crippen molar-refractivity contribution < 1.29 is 66.9 Å². The van der Waals surface area contributed by atoms with Crippen molar-refractivity contribution in [1.82, 2.24) is 0 Å². The summed E-state index contributed by atoms with van der Waals surface area (Å²) in [6, 6.07) is 1.55. The molecule has 0 aromatic heterocycles. The lowest BCUT2D eigenvalue weighted by atomic mass is 10.1. The second-order valence-electron chi connectivity index (χ2n) is 8.55. The number of benzene rings is 4. The van der Waals surface area contributed by atoms with Gasteiger partial charge >= 0.3 is 0 Å². The lowest BCUT2D eigenvalue weighted by Gasteiger charge is -2.16. The first-order valence-corrected chi connectivity index (χ1v) is 11.8. The van der Waals surface area contributed by atoms with Crippen molar-refractivity contribution in [2.75, 3.05) is 0 Å². The van der Waals surface area contributed by atoms with Gasteiger partial charge in [0.1, 0.15) is 17.2 Å². The van der Waals surface area contributed by atoms with Crippen LogP contribution < -0.4 is 14.2 Å². The van der Waals surface area contributed by atoms with Gasteiger partial charge in [-0.2, -0.15) is 13.2 Å². The molecule has 0 saturated carbocycles. The van der Waals surface area contributed by atoms with E-state index >= 15 is 0 Å². The number of ether oxygens (including phenoxy) is 3. The Bertz CT molecular complexity index is 1690. The first kappa shape index (κ1) is 32.6. The van der Waals surface area contributed by atoms with Crippen molar-refractivity contribution in [3.8, 4) is 34.5 Å². The van der Waals surface area contributed by atoms with E-state index in [-0.39, 0.29) is 0 Å². The summed E-state index contributed by atoms with van der Waals surface area (Å²) in [4.78, 5) is 0. The highest BCUT2D eigenvalue weighted by Gasteiger charge is 2.29. The topological polar surface area (TPSA) is 27.7 Å². The van der Waals surface area contributed by atoms with Gasteiger partial charge < -0.3 is 14.2 Å². The Morgan fingerprint density at radius 3 is 0.756 bits per heavy atom. The molecule has 45 heavy (non-hydrogen) atoms. The van der Waals surface area contributed by atoms with Crippen molar-refractivity contribution in [2.45, 2.75) is 0 Å². The van der Waals surface area contributed by atoms with E-state index in [9.17, 15) is 52.7 Å². The molecule has 0 bridgehead atoms. The molecule has 0 amide bonds. The van der Waals surface area contributed by atoms with Crippen LogP contribution in [0.4, 0.5) is 52.7 Å². The van der Waals surface area contributed by atoms with Gasteiger partial charge in [0.15, 0.2) is 52.4 Å². The summed E-state index contributed by atoms with van der Waals surface area (Å²) >= 11 is 0. The molecule has 0 spiro atoms. The lowest BCUT2D eigenvalue weighted by molar-refractivity contribution is 0.348. The zero-order valence-corrected chi connectivity index (χ0v) is 21.8. The van der Waals surface area contributed by atoms with Crippen LogP contribution in [-0.4, -0.2) is 0 Å². The summed E-state index contributed by atoms with van der Waals surface area (Å²) in [5, 5.41) is 0. The summed E-state index contributed by atoms with van der Waals surface area (Å²) in [6.45, 7) is 9.14. The minimum atomic E-state index is -2.24. The van der Waals surface area contributed by atoms with Crippen LogP contribution in [0.25, 0.3) is 18.2 Å². The molecule has 0 saturated heterocycles. The van der Waals surface area contributed by atoms with E-state index in [1.807, 2.05) is 0 Å². The molecular formula is C30H12F12O3. The fraction of sp³-hybridized carbons (Fsp3) is 0. The summed E-state index contributed by atoms with van der Waals surface area (Å²) in [6.07, 6.45) is 1.35. The largest absolute Gasteiger partial charge is 0.451 e. The van der Waals surface area contributed by atoms with Crippen LogP contribution in [-0.2, 0) is 0 Å². The van der Waals surface area contributed by atoms with Gasteiger partial charge in [0.2, 0.25) is 34.7 Å². The van der Waals surface area contributed by atoms with E-state index in [4.69, 9.17) is 14.2 Å². The van der Waals surface area contributed by atoms with Gasteiger partial charge in [-0.3, -0.25) is 0 Å². The van der Waals surface area contributed by atoms with Crippen LogP contribution in [0.15, 0.2) is 37.9 Å². The molecule has 0 fully saturated rings. The Hall–Kier alpha value is -5.34. The molecule has 0 aliphatic rings. The molecule has 0 radical (unpaired) electrons. The zero-order chi connectivity index (χ0) is 33.5. The van der Waals surface area contributed by atoms with Crippen molar-refractivity contribution >= 4 is 18.2 Å². The predicted octanol–water partition coefficient (Wildman–Crippen LogP) is 10.7. The second kappa shape index (κ2) is 12.3. The number of hydrogen-bond donors (Lipinski definition) is 0. The molecule has 15 heteroatoms. The van der Waals surface area contributed by atoms with E-state index in [0.29, 0.717) is 36.4 Å². The van der Waals surface area contributed by atoms with Gasteiger partial charge in [-0.15, -0.1) is 0 Å². The molecule has 4 aromatic carbocycles. The Morgan fingerprint density at radius 2 is 0.556 bits per heavy atom. The lowest BCUT2D eigenvalue weighted by Crippen LogP contribution is -2.05. The maximum atomic E-state index is 14.8. The van der Waals surface area contributed by atoms with Crippen LogP contribution in [0, 0.1) is 69.8 Å². The zero-order valence-electron chi connectivity index (χ0n) is 21.8. The Balaban J connectivity index is 1.94. The fourth-order valence-corrected chi connectivity index (χ4v) is 3.77. The normalized spacial score (nSPS) is 10.9. The van der Waals surface area contributed by atoms with Crippen LogP contribution in [0.3, 0.4) is 0 Å². The fourth-order valence-electron chi connectivity index (χ4n) is 3.77. The molecule has 4 rings (SSSR count). The monoisotopic (exact) mass is 648 g/mol. The van der Waals surface area contributed by atoms with E-state index in [0.717, 1.165) is 0 Å². The third kappa shape index (κ3) is 5.56. The van der Waals surface area contributed by atoms with Crippen molar-refractivity contribution in [3.05, 3.63) is 124 Å². The van der Waals surface area contributed by atoms with Gasteiger partial charge in [-0.1, -0.05) is 38.0 Å². The Labute approximate surface area is 244 Å². The van der Waals surface area contributed by atoms with Crippen molar-refractivity contribution in [3.63, 3.8) is 0 Å². The first-order valence-electron chi connectivity index (χ1n) is 11.8. The average molecular weight is 648 g/mol. The highest BCUT2D eigenvalue weighted by Crippen LogP contribution is 2.42. The summed E-state index contributed by atoms with van der Waals surface area (Å²) in [5.74, 6) is -32.9. The summed E-state index contributed by atoms with van der Waals surface area (Å²) in [5.41, 5.74) is -3.63. The van der Waals surface area contributed by atoms with Gasteiger partial charge in [0.05, 0.1) is 16.7 Å². The summed E-state index contributed by atoms with van der Waals surface area (Å²) in [7, 11) is 0. The number of halogens is 12. The molecule has 0 unspecified atom stereocenters. The third-order valence-corrected chi connectivity index (χ3v) is 5.90. The standard InChI is InChI=1S/C30H12F12O3/c1-4-13-16(31)22(37)25(40)28(19(13)34)43-10-7-11(44-29-20(35)14(5-2)17(32)23(38)26(29)41)9-12(8-10)45-30-21(36)15(6-3)18(33)24(39)27(30)42/h4-9H,1-3H2. The van der Waals surface area contributed by atoms with Gasteiger partial charge in [0.25, 0.3) is 0 Å².